The van der Waals surface area contributed by atoms with Crippen molar-refractivity contribution >= 4 is 11.8 Å². The van der Waals surface area contributed by atoms with Crippen LogP contribution >= 0.6 is 11.8 Å². The molecular weight excluding hydrogens is 270 g/mol. The molecule has 6 heteroatoms. The van der Waals surface area contributed by atoms with Crippen molar-refractivity contribution in [3.63, 3.8) is 0 Å². The fraction of sp³-hybridized carbons (Fsp3) is 0.500. The van der Waals surface area contributed by atoms with Crippen LogP contribution < -0.4 is 5.32 Å². The third-order valence-electron chi connectivity index (χ3n) is 2.90. The molecule has 0 amide bonds. The topological polar surface area (TPSA) is 55.6 Å². The predicted molar refractivity (Wildman–Crippen MR) is 80.7 cm³/mol. The van der Waals surface area contributed by atoms with E-state index in [9.17, 15) is 0 Å². The summed E-state index contributed by atoms with van der Waals surface area (Å²) in [5, 5.41) is 13.6. The van der Waals surface area contributed by atoms with Gasteiger partial charge in [-0.1, -0.05) is 6.07 Å². The molecule has 2 rings (SSSR count). The van der Waals surface area contributed by atoms with Crippen molar-refractivity contribution in [2.24, 2.45) is 7.05 Å². The largest absolute Gasteiger partial charge is 0.309 e. The summed E-state index contributed by atoms with van der Waals surface area (Å²) in [7, 11) is 1.97. The quantitative estimate of drug-likeness (QED) is 0.938. The monoisotopic (exact) mass is 291 g/mol. The van der Waals surface area contributed by atoms with Crippen molar-refractivity contribution in [2.75, 3.05) is 0 Å². The van der Waals surface area contributed by atoms with Crippen molar-refractivity contribution in [1.29, 1.82) is 0 Å². The molecule has 0 aliphatic rings. The third kappa shape index (κ3) is 3.80. The van der Waals surface area contributed by atoms with Gasteiger partial charge in [-0.3, -0.25) is 0 Å². The highest BCUT2D eigenvalue weighted by molar-refractivity contribution is 7.99. The minimum absolute atomic E-state index is 0.0825. The maximum Gasteiger partial charge on any atom is 0.197 e. The number of nitrogens with one attached hydrogen (secondary N) is 1. The summed E-state index contributed by atoms with van der Waals surface area (Å²) in [6.07, 6.45) is 1.81. The van der Waals surface area contributed by atoms with E-state index in [0.717, 1.165) is 22.6 Å². The van der Waals surface area contributed by atoms with Gasteiger partial charge in [0.1, 0.15) is 10.9 Å². The lowest BCUT2D eigenvalue weighted by molar-refractivity contribution is 0.422. The van der Waals surface area contributed by atoms with Gasteiger partial charge >= 0.3 is 0 Å². The van der Waals surface area contributed by atoms with Crippen LogP contribution in [0.5, 0.6) is 0 Å². The van der Waals surface area contributed by atoms with Gasteiger partial charge in [0, 0.05) is 25.3 Å². The van der Waals surface area contributed by atoms with Gasteiger partial charge in [-0.2, -0.15) is 0 Å². The Morgan fingerprint density at radius 2 is 2.05 bits per heavy atom. The zero-order chi connectivity index (χ0) is 14.8. The van der Waals surface area contributed by atoms with Crippen molar-refractivity contribution in [3.05, 3.63) is 29.7 Å². The first-order valence-corrected chi connectivity index (χ1v) is 7.41. The Bertz CT molecular complexity index is 585. The van der Waals surface area contributed by atoms with Gasteiger partial charge in [0.05, 0.1) is 0 Å². The Morgan fingerprint density at radius 1 is 1.30 bits per heavy atom. The lowest BCUT2D eigenvalue weighted by Crippen LogP contribution is -2.35. The summed E-state index contributed by atoms with van der Waals surface area (Å²) in [6.45, 7) is 9.20. The number of aryl methyl sites for hydroxylation is 1. The Kier molecular flexibility index (Phi) is 4.45. The Balaban J connectivity index is 2.18. The number of pyridine rings is 1. The second-order valence-electron chi connectivity index (χ2n) is 5.76. The molecule has 0 bridgehead atoms. The molecule has 2 aromatic rings. The molecule has 0 unspecified atom stereocenters. The molecule has 20 heavy (non-hydrogen) atoms. The fourth-order valence-electron chi connectivity index (χ4n) is 1.57. The van der Waals surface area contributed by atoms with E-state index in [1.54, 1.807) is 11.8 Å². The van der Waals surface area contributed by atoms with E-state index in [0.29, 0.717) is 0 Å². The van der Waals surface area contributed by atoms with Crippen LogP contribution in [0, 0.1) is 6.92 Å². The van der Waals surface area contributed by atoms with Crippen LogP contribution in [0.2, 0.25) is 0 Å². The molecule has 0 spiro atoms. The van der Waals surface area contributed by atoms with Crippen LogP contribution in [0.15, 0.2) is 28.5 Å². The number of rotatable bonds is 4. The molecule has 5 nitrogen and oxygen atoms in total. The second kappa shape index (κ2) is 5.93. The van der Waals surface area contributed by atoms with Crippen molar-refractivity contribution in [1.82, 2.24) is 25.1 Å². The minimum Gasteiger partial charge on any atom is -0.309 e. The SMILES string of the molecule is Cc1nnc(Sc2ncccc2CNC(C)(C)C)n1C. The van der Waals surface area contributed by atoms with E-state index >= 15 is 0 Å². The molecule has 0 aliphatic carbocycles. The van der Waals surface area contributed by atoms with Gasteiger partial charge in [0.15, 0.2) is 5.16 Å². The molecule has 108 valence electrons. The smallest absolute Gasteiger partial charge is 0.197 e. The molecule has 0 saturated heterocycles. The van der Waals surface area contributed by atoms with Crippen LogP contribution in [-0.4, -0.2) is 25.3 Å². The number of hydrogen-bond acceptors (Lipinski definition) is 5. The molecule has 0 fully saturated rings. The van der Waals surface area contributed by atoms with Crippen LogP contribution in [0.1, 0.15) is 32.2 Å². The molecule has 0 atom stereocenters. The van der Waals surface area contributed by atoms with E-state index < -0.39 is 0 Å². The molecule has 1 N–H and O–H groups in total. The number of nitrogens with zero attached hydrogens (tertiary/aromatic N) is 4. The maximum absolute atomic E-state index is 4.47. The van der Waals surface area contributed by atoms with Crippen LogP contribution in [-0.2, 0) is 13.6 Å². The molecule has 2 aromatic heterocycles. The average molecular weight is 291 g/mol. The summed E-state index contributed by atoms with van der Waals surface area (Å²) in [5.74, 6) is 0.901. The molecule has 0 aliphatic heterocycles. The first-order valence-electron chi connectivity index (χ1n) is 6.59. The predicted octanol–water partition coefficient (Wildman–Crippen LogP) is 2.56. The van der Waals surface area contributed by atoms with Gasteiger partial charge < -0.3 is 9.88 Å². The molecule has 0 saturated carbocycles. The van der Waals surface area contributed by atoms with E-state index in [1.807, 2.05) is 30.8 Å². The van der Waals surface area contributed by atoms with Gasteiger partial charge in [-0.05, 0) is 51.1 Å². The van der Waals surface area contributed by atoms with Crippen LogP contribution in [0.25, 0.3) is 0 Å². The normalized spacial score (nSPS) is 11.8. The van der Waals surface area contributed by atoms with Crippen molar-refractivity contribution in [2.45, 2.75) is 50.0 Å². The highest BCUT2D eigenvalue weighted by Crippen LogP contribution is 2.27. The summed E-state index contributed by atoms with van der Waals surface area (Å²) < 4.78 is 1.97. The third-order valence-corrected chi connectivity index (χ3v) is 4.00. The highest BCUT2D eigenvalue weighted by Gasteiger charge is 2.14. The first-order chi connectivity index (χ1) is 9.37. The average Bonchev–Trinajstić information content (AvgIpc) is 2.69. The standard InChI is InChI=1S/C14H21N5S/c1-10-17-18-13(19(10)5)20-12-11(7-6-8-15-12)9-16-14(2,3)4/h6-8,16H,9H2,1-5H3. The van der Waals surface area contributed by atoms with E-state index in [1.165, 1.54) is 5.56 Å². The Morgan fingerprint density at radius 3 is 2.65 bits per heavy atom. The zero-order valence-corrected chi connectivity index (χ0v) is 13.5. The van der Waals surface area contributed by atoms with Gasteiger partial charge in [0.2, 0.25) is 0 Å². The Hall–Kier alpha value is -1.40. The van der Waals surface area contributed by atoms with Crippen molar-refractivity contribution < 1.29 is 0 Å². The van der Waals surface area contributed by atoms with E-state index in [4.69, 9.17) is 0 Å². The zero-order valence-electron chi connectivity index (χ0n) is 12.6. The minimum atomic E-state index is 0.0825. The van der Waals surface area contributed by atoms with Gasteiger partial charge in [0.25, 0.3) is 0 Å². The van der Waals surface area contributed by atoms with Crippen LogP contribution in [0.4, 0.5) is 0 Å². The van der Waals surface area contributed by atoms with Crippen molar-refractivity contribution in [3.8, 4) is 0 Å². The lowest BCUT2D eigenvalue weighted by atomic mass is 10.1. The fourth-order valence-corrected chi connectivity index (χ4v) is 2.48. The number of aromatic nitrogens is 4. The molecule has 0 radical (unpaired) electrons. The summed E-state index contributed by atoms with van der Waals surface area (Å²) in [4.78, 5) is 4.47. The van der Waals surface area contributed by atoms with Crippen LogP contribution in [0.3, 0.4) is 0 Å². The number of hydrogen-bond donors (Lipinski definition) is 1. The van der Waals surface area contributed by atoms with Gasteiger partial charge in [-0.15, -0.1) is 10.2 Å². The summed E-state index contributed by atoms with van der Waals surface area (Å²) in [6, 6.07) is 4.06. The highest BCUT2D eigenvalue weighted by atomic mass is 32.2. The molecule has 2 heterocycles. The van der Waals surface area contributed by atoms with E-state index in [-0.39, 0.29) is 5.54 Å². The van der Waals surface area contributed by atoms with Gasteiger partial charge in [-0.25, -0.2) is 4.98 Å². The van der Waals surface area contributed by atoms with E-state index in [2.05, 4.69) is 47.3 Å². The lowest BCUT2D eigenvalue weighted by Gasteiger charge is -2.21. The maximum atomic E-state index is 4.47. The second-order valence-corrected chi connectivity index (χ2v) is 6.72. The Labute approximate surface area is 124 Å². The summed E-state index contributed by atoms with van der Waals surface area (Å²) >= 11 is 1.55. The molecule has 0 aromatic carbocycles. The summed E-state index contributed by atoms with van der Waals surface area (Å²) in [5.41, 5.74) is 1.26. The first kappa shape index (κ1) is 15.0. The molecular formula is C14H21N5S.